The van der Waals surface area contributed by atoms with Gasteiger partial charge in [-0.2, -0.15) is 23.4 Å². The molecule has 0 saturated heterocycles. The number of benzene rings is 1. The number of aryl methyl sites for hydroxylation is 2. The van der Waals surface area contributed by atoms with Gasteiger partial charge in [-0.05, 0) is 30.7 Å². The van der Waals surface area contributed by atoms with E-state index in [4.69, 9.17) is 0 Å². The van der Waals surface area contributed by atoms with Gasteiger partial charge in [0.05, 0.1) is 18.4 Å². The highest BCUT2D eigenvalue weighted by atomic mass is 19.4. The topological polar surface area (TPSA) is 64.7 Å². The minimum Gasteiger partial charge on any atom is -0.323 e. The quantitative estimate of drug-likeness (QED) is 0.649. The number of alkyl halides is 3. The van der Waals surface area contributed by atoms with Crippen LogP contribution in [0.4, 0.5) is 23.2 Å². The third-order valence-corrected chi connectivity index (χ3v) is 4.00. The van der Waals surface area contributed by atoms with E-state index in [2.05, 4.69) is 15.5 Å². The van der Waals surface area contributed by atoms with E-state index in [0.717, 1.165) is 16.3 Å². The number of rotatable bonds is 6. The lowest BCUT2D eigenvalue weighted by atomic mass is 10.2. The van der Waals surface area contributed by atoms with Gasteiger partial charge in [0.1, 0.15) is 5.82 Å². The van der Waals surface area contributed by atoms with Gasteiger partial charge in [0.2, 0.25) is 5.91 Å². The number of nitrogens with one attached hydrogen (secondary N) is 1. The second-order valence-corrected chi connectivity index (χ2v) is 6.24. The fourth-order valence-electron chi connectivity index (χ4n) is 2.60. The summed E-state index contributed by atoms with van der Waals surface area (Å²) in [6.45, 7) is 1.93. The van der Waals surface area contributed by atoms with Gasteiger partial charge in [-0.15, -0.1) is 0 Å². The SMILES string of the molecule is Cc1cc(C(F)(F)F)nn1CCC(=O)Nc1cnn(Cc2ccc(F)cc2)c1. The zero-order chi connectivity index (χ0) is 20.3. The smallest absolute Gasteiger partial charge is 0.323 e. The van der Waals surface area contributed by atoms with Crippen LogP contribution in [0, 0.1) is 12.7 Å². The molecule has 3 rings (SSSR count). The molecule has 0 spiro atoms. The Morgan fingerprint density at radius 3 is 2.57 bits per heavy atom. The molecule has 10 heteroatoms. The Morgan fingerprint density at radius 1 is 1.21 bits per heavy atom. The summed E-state index contributed by atoms with van der Waals surface area (Å²) in [6, 6.07) is 6.91. The standard InChI is InChI=1S/C18H17F4N5O/c1-12-8-16(18(20,21)22)25-27(12)7-6-17(28)24-15-9-23-26(11-15)10-13-2-4-14(19)5-3-13/h2-5,8-9,11H,6-7,10H2,1H3,(H,24,28). The van der Waals surface area contributed by atoms with Gasteiger partial charge in [0, 0.05) is 24.9 Å². The molecule has 2 heterocycles. The summed E-state index contributed by atoms with van der Waals surface area (Å²) in [5.41, 5.74) is 0.650. The van der Waals surface area contributed by atoms with Gasteiger partial charge in [0.15, 0.2) is 5.69 Å². The summed E-state index contributed by atoms with van der Waals surface area (Å²) in [6.07, 6.45) is -1.48. The Balaban J connectivity index is 1.53. The number of hydrogen-bond acceptors (Lipinski definition) is 3. The number of halogens is 4. The van der Waals surface area contributed by atoms with Crippen molar-refractivity contribution in [2.75, 3.05) is 5.32 Å². The van der Waals surface area contributed by atoms with Crippen molar-refractivity contribution in [3.63, 3.8) is 0 Å². The molecular formula is C18H17F4N5O. The number of carbonyl (C=O) groups is 1. The fourth-order valence-corrected chi connectivity index (χ4v) is 2.60. The highest BCUT2D eigenvalue weighted by molar-refractivity contribution is 5.90. The van der Waals surface area contributed by atoms with E-state index in [1.54, 1.807) is 23.0 Å². The maximum atomic E-state index is 12.9. The van der Waals surface area contributed by atoms with Crippen LogP contribution in [-0.2, 0) is 24.1 Å². The molecule has 0 aliphatic rings. The van der Waals surface area contributed by atoms with Gasteiger partial charge in [-0.25, -0.2) is 4.39 Å². The normalized spacial score (nSPS) is 11.6. The Morgan fingerprint density at radius 2 is 1.93 bits per heavy atom. The van der Waals surface area contributed by atoms with Crippen molar-refractivity contribution < 1.29 is 22.4 Å². The van der Waals surface area contributed by atoms with E-state index in [9.17, 15) is 22.4 Å². The van der Waals surface area contributed by atoms with Gasteiger partial charge >= 0.3 is 6.18 Å². The highest BCUT2D eigenvalue weighted by Gasteiger charge is 2.34. The average Bonchev–Trinajstić information content (AvgIpc) is 3.21. The molecule has 0 aliphatic carbocycles. The van der Waals surface area contributed by atoms with Crippen molar-refractivity contribution in [2.24, 2.45) is 0 Å². The Bertz CT molecular complexity index is 959. The number of amides is 1. The van der Waals surface area contributed by atoms with Crippen LogP contribution in [0.3, 0.4) is 0 Å². The predicted octanol–water partition coefficient (Wildman–Crippen LogP) is 3.62. The molecule has 1 amide bonds. The fraction of sp³-hybridized carbons (Fsp3) is 0.278. The van der Waals surface area contributed by atoms with Crippen molar-refractivity contribution in [3.05, 3.63) is 65.5 Å². The first-order valence-corrected chi connectivity index (χ1v) is 8.39. The second-order valence-electron chi connectivity index (χ2n) is 6.24. The molecule has 0 atom stereocenters. The first-order valence-electron chi connectivity index (χ1n) is 8.39. The highest BCUT2D eigenvalue weighted by Crippen LogP contribution is 2.28. The first-order chi connectivity index (χ1) is 13.2. The van der Waals surface area contributed by atoms with Crippen LogP contribution in [0.15, 0.2) is 42.7 Å². The van der Waals surface area contributed by atoms with Crippen LogP contribution >= 0.6 is 0 Å². The maximum Gasteiger partial charge on any atom is 0.435 e. The molecule has 1 aromatic carbocycles. The van der Waals surface area contributed by atoms with Crippen LogP contribution in [0.5, 0.6) is 0 Å². The molecule has 1 N–H and O–H groups in total. The van der Waals surface area contributed by atoms with Gasteiger partial charge in [-0.3, -0.25) is 14.2 Å². The van der Waals surface area contributed by atoms with E-state index < -0.39 is 11.9 Å². The first kappa shape index (κ1) is 19.6. The number of anilines is 1. The molecule has 0 fully saturated rings. The minimum absolute atomic E-state index is 0.0253. The van der Waals surface area contributed by atoms with Crippen molar-refractivity contribution in [1.29, 1.82) is 0 Å². The molecule has 0 aliphatic heterocycles. The van der Waals surface area contributed by atoms with Crippen LogP contribution in [0.1, 0.15) is 23.4 Å². The number of hydrogen-bond donors (Lipinski definition) is 1. The minimum atomic E-state index is -4.52. The van der Waals surface area contributed by atoms with E-state index in [1.807, 2.05) is 0 Å². The van der Waals surface area contributed by atoms with Crippen molar-refractivity contribution in [3.8, 4) is 0 Å². The lowest BCUT2D eigenvalue weighted by molar-refractivity contribution is -0.141. The summed E-state index contributed by atoms with van der Waals surface area (Å²) in [5.74, 6) is -0.697. The molecule has 3 aromatic rings. The van der Waals surface area contributed by atoms with Crippen molar-refractivity contribution in [1.82, 2.24) is 19.6 Å². The monoisotopic (exact) mass is 395 g/mol. The molecule has 2 aromatic heterocycles. The third-order valence-electron chi connectivity index (χ3n) is 4.00. The Labute approximate surface area is 157 Å². The summed E-state index contributed by atoms with van der Waals surface area (Å²) >= 11 is 0. The van der Waals surface area contributed by atoms with E-state index in [-0.39, 0.29) is 24.7 Å². The number of aromatic nitrogens is 4. The van der Waals surface area contributed by atoms with E-state index in [0.29, 0.717) is 17.9 Å². The molecule has 0 saturated carbocycles. The molecule has 0 radical (unpaired) electrons. The third kappa shape index (κ3) is 4.96. The Kier molecular flexibility index (Phi) is 5.48. The van der Waals surface area contributed by atoms with Crippen LogP contribution in [-0.4, -0.2) is 25.5 Å². The summed E-state index contributed by atoms with van der Waals surface area (Å²) in [4.78, 5) is 12.1. The molecule has 148 valence electrons. The van der Waals surface area contributed by atoms with Crippen LogP contribution in [0.25, 0.3) is 0 Å². The van der Waals surface area contributed by atoms with Crippen molar-refractivity contribution >= 4 is 11.6 Å². The van der Waals surface area contributed by atoms with Crippen molar-refractivity contribution in [2.45, 2.75) is 32.6 Å². The lowest BCUT2D eigenvalue weighted by Gasteiger charge is -2.05. The summed E-state index contributed by atoms with van der Waals surface area (Å²) in [7, 11) is 0. The van der Waals surface area contributed by atoms with Gasteiger partial charge < -0.3 is 5.32 Å². The summed E-state index contributed by atoms with van der Waals surface area (Å²) < 4.78 is 53.6. The van der Waals surface area contributed by atoms with E-state index in [1.165, 1.54) is 25.3 Å². The van der Waals surface area contributed by atoms with Crippen LogP contribution in [0.2, 0.25) is 0 Å². The van der Waals surface area contributed by atoms with E-state index >= 15 is 0 Å². The average molecular weight is 395 g/mol. The Hall–Kier alpha value is -3.17. The lowest BCUT2D eigenvalue weighted by Crippen LogP contribution is -2.16. The summed E-state index contributed by atoms with van der Waals surface area (Å²) in [5, 5.41) is 10.2. The molecule has 6 nitrogen and oxygen atoms in total. The van der Waals surface area contributed by atoms with Gasteiger partial charge in [-0.1, -0.05) is 12.1 Å². The van der Waals surface area contributed by atoms with Crippen LogP contribution < -0.4 is 5.32 Å². The molecule has 28 heavy (non-hydrogen) atoms. The number of carbonyl (C=O) groups excluding carboxylic acids is 1. The largest absolute Gasteiger partial charge is 0.435 e. The molecule has 0 bridgehead atoms. The zero-order valence-corrected chi connectivity index (χ0v) is 14.9. The number of nitrogens with zero attached hydrogens (tertiary/aromatic N) is 4. The molecular weight excluding hydrogens is 378 g/mol. The zero-order valence-electron chi connectivity index (χ0n) is 14.9. The maximum absolute atomic E-state index is 12.9. The molecule has 0 unspecified atom stereocenters. The second kappa shape index (κ2) is 7.83. The predicted molar refractivity (Wildman–Crippen MR) is 92.9 cm³/mol. The van der Waals surface area contributed by atoms with Gasteiger partial charge in [0.25, 0.3) is 0 Å².